The molecule has 0 saturated heterocycles. The second-order valence-corrected chi connectivity index (χ2v) is 11.7. The summed E-state index contributed by atoms with van der Waals surface area (Å²) in [6.07, 6.45) is -0.968. The van der Waals surface area contributed by atoms with E-state index in [0.717, 1.165) is 50.0 Å². The fraction of sp³-hybridized carbons (Fsp3) is 0.353. The number of nitrogens with zero attached hydrogens (tertiary/aromatic N) is 2. The van der Waals surface area contributed by atoms with Crippen molar-refractivity contribution in [1.82, 2.24) is 4.57 Å². The number of aryl methyl sites for hydroxylation is 1. The van der Waals surface area contributed by atoms with E-state index in [-0.39, 0.29) is 12.6 Å². The number of aromatic nitrogens is 1. The van der Waals surface area contributed by atoms with Crippen LogP contribution in [0.5, 0.6) is 0 Å². The SMILES string of the molecule is COC(=O)[C@@H](OC(C)(C)C)c1c(C)c2c3c(cc(C(=O)OCc4ccccc4)n3CCN2C)c1-c1ccc(C)cc1. The molecule has 1 atom stereocenters. The minimum Gasteiger partial charge on any atom is -0.467 e. The van der Waals surface area contributed by atoms with Crippen molar-refractivity contribution in [3.63, 3.8) is 0 Å². The van der Waals surface area contributed by atoms with E-state index in [1.165, 1.54) is 7.11 Å². The topological polar surface area (TPSA) is 70.0 Å². The molecule has 0 amide bonds. The third-order valence-electron chi connectivity index (χ3n) is 7.57. The Hall–Kier alpha value is -4.10. The molecule has 0 saturated carbocycles. The van der Waals surface area contributed by atoms with Crippen LogP contribution in [0.3, 0.4) is 0 Å². The van der Waals surface area contributed by atoms with Crippen molar-refractivity contribution >= 4 is 28.5 Å². The molecule has 0 aliphatic carbocycles. The Morgan fingerprint density at radius 1 is 0.976 bits per heavy atom. The number of methoxy groups -OCH3 is 1. The molecule has 0 bridgehead atoms. The maximum atomic E-state index is 13.6. The van der Waals surface area contributed by atoms with Crippen LogP contribution in [0.25, 0.3) is 22.0 Å². The molecule has 1 aromatic heterocycles. The van der Waals surface area contributed by atoms with Gasteiger partial charge in [-0.3, -0.25) is 0 Å². The van der Waals surface area contributed by atoms with E-state index in [1.807, 2.05) is 78.1 Å². The zero-order valence-corrected chi connectivity index (χ0v) is 24.9. The average molecular weight is 555 g/mol. The van der Waals surface area contributed by atoms with Gasteiger partial charge in [0.15, 0.2) is 6.10 Å². The van der Waals surface area contributed by atoms with Crippen LogP contribution in [0.4, 0.5) is 5.69 Å². The number of likely N-dealkylation sites (N-methyl/N-ethyl adjacent to an activating group) is 1. The molecule has 214 valence electrons. The van der Waals surface area contributed by atoms with Gasteiger partial charge in [-0.25, -0.2) is 9.59 Å². The van der Waals surface area contributed by atoms with Gasteiger partial charge in [-0.15, -0.1) is 0 Å². The zero-order valence-electron chi connectivity index (χ0n) is 24.9. The highest BCUT2D eigenvalue weighted by atomic mass is 16.6. The molecule has 2 heterocycles. The van der Waals surface area contributed by atoms with Gasteiger partial charge >= 0.3 is 11.9 Å². The fourth-order valence-corrected chi connectivity index (χ4v) is 5.70. The van der Waals surface area contributed by atoms with Crippen LogP contribution in [-0.4, -0.2) is 42.8 Å². The number of esters is 2. The number of rotatable bonds is 7. The Balaban J connectivity index is 1.79. The van der Waals surface area contributed by atoms with Crippen molar-refractivity contribution in [2.75, 3.05) is 25.6 Å². The molecular formula is C34H38N2O5. The van der Waals surface area contributed by atoms with Crippen molar-refractivity contribution in [2.24, 2.45) is 0 Å². The lowest BCUT2D eigenvalue weighted by Crippen LogP contribution is -2.32. The lowest BCUT2D eigenvalue weighted by Gasteiger charge is -2.34. The summed E-state index contributed by atoms with van der Waals surface area (Å²) in [5.74, 6) is -0.853. The highest BCUT2D eigenvalue weighted by Crippen LogP contribution is 2.48. The summed E-state index contributed by atoms with van der Waals surface area (Å²) in [6, 6.07) is 19.8. The van der Waals surface area contributed by atoms with Gasteiger partial charge in [0.05, 0.1) is 23.9 Å². The number of anilines is 1. The third-order valence-corrected chi connectivity index (χ3v) is 7.57. The Labute approximate surface area is 241 Å². The standard InChI is InChI=1S/C34H38N2O5/c1-21-13-15-24(16-14-21)28-25-19-26(32(37)40-20-23-11-9-8-10-12-23)36-18-17-35(6)29(30(25)36)22(2)27(28)31(33(38)39-7)41-34(3,4)5/h8-16,19,31H,17-18,20H2,1-7H3/t31-/m0/s1. The Bertz CT molecular complexity index is 1600. The van der Waals surface area contributed by atoms with Gasteiger partial charge in [-0.1, -0.05) is 60.2 Å². The molecule has 41 heavy (non-hydrogen) atoms. The molecule has 0 N–H and O–H groups in total. The lowest BCUT2D eigenvalue weighted by atomic mass is 9.87. The molecule has 7 heteroatoms. The van der Waals surface area contributed by atoms with Crippen molar-refractivity contribution in [2.45, 2.75) is 59.5 Å². The van der Waals surface area contributed by atoms with Gasteiger partial charge in [-0.05, 0) is 62.9 Å². The van der Waals surface area contributed by atoms with Crippen LogP contribution in [0.15, 0.2) is 60.7 Å². The summed E-state index contributed by atoms with van der Waals surface area (Å²) in [7, 11) is 3.42. The van der Waals surface area contributed by atoms with Gasteiger partial charge < -0.3 is 23.7 Å². The van der Waals surface area contributed by atoms with Crippen molar-refractivity contribution in [1.29, 1.82) is 0 Å². The van der Waals surface area contributed by atoms with Crippen LogP contribution < -0.4 is 4.90 Å². The first kappa shape index (κ1) is 28.4. The third kappa shape index (κ3) is 5.46. The quantitative estimate of drug-likeness (QED) is 0.235. The van der Waals surface area contributed by atoms with Crippen molar-refractivity contribution in [3.8, 4) is 11.1 Å². The summed E-state index contributed by atoms with van der Waals surface area (Å²) in [4.78, 5) is 29.1. The van der Waals surface area contributed by atoms with Gasteiger partial charge in [0.1, 0.15) is 12.3 Å². The zero-order chi connectivity index (χ0) is 29.5. The normalized spacial score (nSPS) is 13.8. The summed E-state index contributed by atoms with van der Waals surface area (Å²) in [5, 5.41) is 0.870. The smallest absolute Gasteiger partial charge is 0.355 e. The van der Waals surface area contributed by atoms with E-state index in [4.69, 9.17) is 14.2 Å². The number of benzene rings is 3. The molecule has 1 aliphatic heterocycles. The monoisotopic (exact) mass is 554 g/mol. The largest absolute Gasteiger partial charge is 0.467 e. The van der Waals surface area contributed by atoms with Crippen LogP contribution in [0, 0.1) is 13.8 Å². The van der Waals surface area contributed by atoms with Crippen LogP contribution >= 0.6 is 0 Å². The van der Waals surface area contributed by atoms with E-state index in [2.05, 4.69) is 33.7 Å². The molecule has 7 nitrogen and oxygen atoms in total. The molecule has 0 spiro atoms. The average Bonchev–Trinajstić information content (AvgIpc) is 3.33. The minimum absolute atomic E-state index is 0.187. The first-order valence-corrected chi connectivity index (χ1v) is 13.9. The van der Waals surface area contributed by atoms with Gasteiger partial charge in [0, 0.05) is 31.1 Å². The summed E-state index contributed by atoms with van der Waals surface area (Å²) >= 11 is 0. The van der Waals surface area contributed by atoms with Crippen molar-refractivity contribution in [3.05, 3.63) is 88.6 Å². The lowest BCUT2D eigenvalue weighted by molar-refractivity contribution is -0.164. The summed E-state index contributed by atoms with van der Waals surface area (Å²) in [6.45, 7) is 11.4. The molecule has 3 aromatic carbocycles. The van der Waals surface area contributed by atoms with Crippen LogP contribution in [0.2, 0.25) is 0 Å². The van der Waals surface area contributed by atoms with Gasteiger partial charge in [0.25, 0.3) is 0 Å². The number of hydrogen-bond donors (Lipinski definition) is 0. The first-order chi connectivity index (χ1) is 19.5. The van der Waals surface area contributed by atoms with Gasteiger partial charge in [0.2, 0.25) is 0 Å². The van der Waals surface area contributed by atoms with E-state index in [9.17, 15) is 9.59 Å². The number of hydrogen-bond acceptors (Lipinski definition) is 6. The minimum atomic E-state index is -0.968. The Morgan fingerprint density at radius 3 is 2.29 bits per heavy atom. The van der Waals surface area contributed by atoms with Gasteiger partial charge in [-0.2, -0.15) is 0 Å². The fourth-order valence-electron chi connectivity index (χ4n) is 5.70. The first-order valence-electron chi connectivity index (χ1n) is 13.9. The van der Waals surface area contributed by atoms with Crippen LogP contribution in [-0.2, 0) is 32.2 Å². The summed E-state index contributed by atoms with van der Waals surface area (Å²) in [5.41, 5.74) is 7.27. The Kier molecular flexibility index (Phi) is 7.66. The Morgan fingerprint density at radius 2 is 1.66 bits per heavy atom. The molecule has 5 rings (SSSR count). The molecule has 4 aromatic rings. The van der Waals surface area contributed by atoms with E-state index >= 15 is 0 Å². The number of carbonyl (C=O) groups excluding carboxylic acids is 2. The summed E-state index contributed by atoms with van der Waals surface area (Å²) < 4.78 is 19.6. The maximum Gasteiger partial charge on any atom is 0.355 e. The highest BCUT2D eigenvalue weighted by molar-refractivity contribution is 6.10. The van der Waals surface area contributed by atoms with E-state index < -0.39 is 17.7 Å². The predicted molar refractivity (Wildman–Crippen MR) is 161 cm³/mol. The predicted octanol–water partition coefficient (Wildman–Crippen LogP) is 6.76. The maximum absolute atomic E-state index is 13.6. The molecular weight excluding hydrogens is 516 g/mol. The molecule has 1 aliphatic rings. The second kappa shape index (κ2) is 11.1. The van der Waals surface area contributed by atoms with Crippen LogP contribution in [0.1, 0.15) is 59.6 Å². The van der Waals surface area contributed by atoms with E-state index in [1.54, 1.807) is 0 Å². The second-order valence-electron chi connectivity index (χ2n) is 11.7. The van der Waals surface area contributed by atoms with E-state index in [0.29, 0.717) is 18.8 Å². The number of ether oxygens (including phenoxy) is 3. The van der Waals surface area contributed by atoms with Crippen molar-refractivity contribution < 1.29 is 23.8 Å². The molecule has 0 radical (unpaired) electrons. The molecule has 0 unspecified atom stereocenters. The highest BCUT2D eigenvalue weighted by Gasteiger charge is 2.37. The molecule has 0 fully saturated rings. The number of carbonyl (C=O) groups is 2.